The predicted molar refractivity (Wildman–Crippen MR) is 52.0 cm³/mol. The number of amides is 1. The van der Waals surface area contributed by atoms with Gasteiger partial charge in [0.05, 0.1) is 0 Å². The molecule has 0 saturated heterocycles. The quantitative estimate of drug-likeness (QED) is 0.636. The topological polar surface area (TPSA) is 20.3 Å². The number of carbonyl (C=O) groups is 1. The Balaban J connectivity index is 4.32. The molecule has 0 radical (unpaired) electrons. The molecule has 0 aliphatic rings. The fourth-order valence-corrected chi connectivity index (χ4v) is 1.45. The van der Waals surface area contributed by atoms with Crippen molar-refractivity contribution < 1.29 is 4.79 Å². The SMILES string of the molecule is CCC(C)N(C(C)=O)C(C)CC. The van der Waals surface area contributed by atoms with Crippen LogP contribution >= 0.6 is 0 Å². The Bertz CT molecular complexity index is 135. The Morgan fingerprint density at radius 2 is 1.50 bits per heavy atom. The standard InChI is InChI=1S/C10H21NO/c1-6-8(3)11(10(5)12)9(4)7-2/h8-9H,6-7H2,1-5H3. The summed E-state index contributed by atoms with van der Waals surface area (Å²) in [5.74, 6) is 0.193. The van der Waals surface area contributed by atoms with Crippen molar-refractivity contribution in [3.63, 3.8) is 0 Å². The van der Waals surface area contributed by atoms with Crippen LogP contribution in [-0.4, -0.2) is 22.9 Å². The van der Waals surface area contributed by atoms with E-state index in [-0.39, 0.29) is 5.91 Å². The molecule has 12 heavy (non-hydrogen) atoms. The highest BCUT2D eigenvalue weighted by atomic mass is 16.2. The molecule has 0 aliphatic carbocycles. The summed E-state index contributed by atoms with van der Waals surface area (Å²) in [5.41, 5.74) is 0. The molecule has 0 rings (SSSR count). The van der Waals surface area contributed by atoms with Crippen LogP contribution in [0.1, 0.15) is 47.5 Å². The van der Waals surface area contributed by atoms with E-state index in [4.69, 9.17) is 0 Å². The van der Waals surface area contributed by atoms with Gasteiger partial charge < -0.3 is 4.90 Å². The van der Waals surface area contributed by atoms with E-state index in [0.29, 0.717) is 12.1 Å². The molecule has 2 nitrogen and oxygen atoms in total. The van der Waals surface area contributed by atoms with Crippen LogP contribution in [0.15, 0.2) is 0 Å². The van der Waals surface area contributed by atoms with Crippen LogP contribution in [0.2, 0.25) is 0 Å². The Kier molecular flexibility index (Phi) is 4.95. The van der Waals surface area contributed by atoms with E-state index in [2.05, 4.69) is 27.7 Å². The van der Waals surface area contributed by atoms with Crippen LogP contribution in [0.4, 0.5) is 0 Å². The first-order valence-electron chi connectivity index (χ1n) is 4.83. The summed E-state index contributed by atoms with van der Waals surface area (Å²) >= 11 is 0. The van der Waals surface area contributed by atoms with Crippen molar-refractivity contribution in [2.45, 2.75) is 59.5 Å². The van der Waals surface area contributed by atoms with Crippen molar-refractivity contribution in [2.24, 2.45) is 0 Å². The second-order valence-electron chi connectivity index (χ2n) is 3.44. The van der Waals surface area contributed by atoms with Crippen LogP contribution in [0.25, 0.3) is 0 Å². The molecule has 72 valence electrons. The number of nitrogens with zero attached hydrogens (tertiary/aromatic N) is 1. The van der Waals surface area contributed by atoms with Crippen molar-refractivity contribution in [1.82, 2.24) is 4.90 Å². The van der Waals surface area contributed by atoms with E-state index < -0.39 is 0 Å². The third-order valence-corrected chi connectivity index (χ3v) is 2.49. The Morgan fingerprint density at radius 3 is 1.67 bits per heavy atom. The minimum absolute atomic E-state index is 0.193. The number of carbonyl (C=O) groups excluding carboxylic acids is 1. The molecule has 0 aliphatic heterocycles. The summed E-state index contributed by atoms with van der Waals surface area (Å²) in [6.07, 6.45) is 2.06. The van der Waals surface area contributed by atoms with Crippen LogP contribution in [0.3, 0.4) is 0 Å². The smallest absolute Gasteiger partial charge is 0.219 e. The maximum atomic E-state index is 11.3. The van der Waals surface area contributed by atoms with Crippen LogP contribution in [-0.2, 0) is 4.79 Å². The van der Waals surface area contributed by atoms with Gasteiger partial charge in [0.25, 0.3) is 0 Å². The second-order valence-corrected chi connectivity index (χ2v) is 3.44. The molecular weight excluding hydrogens is 150 g/mol. The molecule has 0 N–H and O–H groups in total. The summed E-state index contributed by atoms with van der Waals surface area (Å²) in [6.45, 7) is 10.1. The lowest BCUT2D eigenvalue weighted by Gasteiger charge is -2.32. The van der Waals surface area contributed by atoms with E-state index in [1.54, 1.807) is 6.92 Å². The average Bonchev–Trinajstić information content (AvgIpc) is 2.03. The fourth-order valence-electron chi connectivity index (χ4n) is 1.45. The Morgan fingerprint density at radius 1 is 1.17 bits per heavy atom. The van der Waals surface area contributed by atoms with Gasteiger partial charge in [-0.3, -0.25) is 4.79 Å². The van der Waals surface area contributed by atoms with Gasteiger partial charge in [-0.1, -0.05) is 13.8 Å². The molecular formula is C10H21NO. The van der Waals surface area contributed by atoms with Gasteiger partial charge in [0.2, 0.25) is 5.91 Å². The zero-order valence-electron chi connectivity index (χ0n) is 8.92. The zero-order valence-corrected chi connectivity index (χ0v) is 8.92. The molecule has 2 atom stereocenters. The van der Waals surface area contributed by atoms with E-state index in [0.717, 1.165) is 12.8 Å². The van der Waals surface area contributed by atoms with Crippen molar-refractivity contribution in [3.05, 3.63) is 0 Å². The zero-order chi connectivity index (χ0) is 9.72. The first-order valence-corrected chi connectivity index (χ1v) is 4.83. The second kappa shape index (κ2) is 5.18. The van der Waals surface area contributed by atoms with Crippen LogP contribution in [0, 0.1) is 0 Å². The van der Waals surface area contributed by atoms with Gasteiger partial charge in [-0.15, -0.1) is 0 Å². The maximum absolute atomic E-state index is 11.3. The average molecular weight is 171 g/mol. The summed E-state index contributed by atoms with van der Waals surface area (Å²) in [5, 5.41) is 0. The molecule has 0 aromatic heterocycles. The van der Waals surface area contributed by atoms with Gasteiger partial charge >= 0.3 is 0 Å². The molecule has 2 heteroatoms. The van der Waals surface area contributed by atoms with Gasteiger partial charge in [0.15, 0.2) is 0 Å². The molecule has 1 amide bonds. The monoisotopic (exact) mass is 171 g/mol. The molecule has 2 unspecified atom stereocenters. The van der Waals surface area contributed by atoms with E-state index in [1.807, 2.05) is 4.90 Å². The first-order chi connectivity index (χ1) is 5.54. The van der Waals surface area contributed by atoms with E-state index >= 15 is 0 Å². The van der Waals surface area contributed by atoms with Gasteiger partial charge in [0, 0.05) is 19.0 Å². The lowest BCUT2D eigenvalue weighted by atomic mass is 10.1. The number of hydrogen-bond acceptors (Lipinski definition) is 1. The van der Waals surface area contributed by atoms with E-state index in [9.17, 15) is 4.79 Å². The third kappa shape index (κ3) is 2.84. The molecule has 0 spiro atoms. The lowest BCUT2D eigenvalue weighted by molar-refractivity contribution is -0.133. The molecule has 0 aromatic rings. The minimum Gasteiger partial charge on any atom is -0.338 e. The van der Waals surface area contributed by atoms with Gasteiger partial charge in [-0.25, -0.2) is 0 Å². The van der Waals surface area contributed by atoms with Crippen molar-refractivity contribution in [3.8, 4) is 0 Å². The third-order valence-electron chi connectivity index (χ3n) is 2.49. The summed E-state index contributed by atoms with van der Waals surface area (Å²) in [7, 11) is 0. The molecule has 0 fully saturated rings. The molecule has 0 aromatic carbocycles. The van der Waals surface area contributed by atoms with Crippen LogP contribution in [0.5, 0.6) is 0 Å². The van der Waals surface area contributed by atoms with Gasteiger partial charge in [-0.2, -0.15) is 0 Å². The number of hydrogen-bond donors (Lipinski definition) is 0. The largest absolute Gasteiger partial charge is 0.338 e. The van der Waals surface area contributed by atoms with Crippen LogP contribution < -0.4 is 0 Å². The Labute approximate surface area is 75.9 Å². The summed E-state index contributed by atoms with van der Waals surface area (Å²) in [4.78, 5) is 13.2. The number of rotatable bonds is 4. The van der Waals surface area contributed by atoms with Crippen molar-refractivity contribution >= 4 is 5.91 Å². The van der Waals surface area contributed by atoms with Crippen molar-refractivity contribution in [1.29, 1.82) is 0 Å². The van der Waals surface area contributed by atoms with Gasteiger partial charge in [-0.05, 0) is 26.7 Å². The lowest BCUT2D eigenvalue weighted by Crippen LogP contribution is -2.42. The highest BCUT2D eigenvalue weighted by molar-refractivity contribution is 5.73. The highest BCUT2D eigenvalue weighted by Crippen LogP contribution is 2.11. The Hall–Kier alpha value is -0.530. The molecule has 0 bridgehead atoms. The summed E-state index contributed by atoms with van der Waals surface area (Å²) in [6, 6.07) is 0.745. The normalized spacial score (nSPS) is 15.4. The fraction of sp³-hybridized carbons (Fsp3) is 0.900. The minimum atomic E-state index is 0.193. The maximum Gasteiger partial charge on any atom is 0.219 e. The first kappa shape index (κ1) is 11.5. The summed E-state index contributed by atoms with van der Waals surface area (Å²) < 4.78 is 0. The van der Waals surface area contributed by atoms with E-state index in [1.165, 1.54) is 0 Å². The van der Waals surface area contributed by atoms with Gasteiger partial charge in [0.1, 0.15) is 0 Å². The highest BCUT2D eigenvalue weighted by Gasteiger charge is 2.19. The predicted octanol–water partition coefficient (Wildman–Crippen LogP) is 2.43. The molecule has 0 saturated carbocycles. The molecule has 0 heterocycles. The van der Waals surface area contributed by atoms with Crippen molar-refractivity contribution in [2.75, 3.05) is 0 Å².